The highest BCUT2D eigenvalue weighted by Crippen LogP contribution is 2.18. The minimum Gasteiger partial charge on any atom is -0.245 e. The van der Waals surface area contributed by atoms with Gasteiger partial charge in [0.15, 0.2) is 11.6 Å². The number of pyridine rings is 1. The molecule has 0 amide bonds. The SMILES string of the molecule is Cc1nn(-c2nc(F)c(Cl)cc2F)c(=O)n1C(F)F. The Bertz CT molecular complexity index is 696. The molecule has 0 aliphatic heterocycles. The van der Waals surface area contributed by atoms with Crippen molar-refractivity contribution in [2.24, 2.45) is 0 Å². The molecule has 2 aromatic heterocycles. The van der Waals surface area contributed by atoms with Crippen LogP contribution in [-0.2, 0) is 0 Å². The summed E-state index contributed by atoms with van der Waals surface area (Å²) >= 11 is 5.29. The van der Waals surface area contributed by atoms with Crippen molar-refractivity contribution in [1.82, 2.24) is 19.3 Å². The number of hydrogen-bond acceptors (Lipinski definition) is 3. The second kappa shape index (κ2) is 4.65. The van der Waals surface area contributed by atoms with Gasteiger partial charge in [-0.15, -0.1) is 5.10 Å². The predicted molar refractivity (Wildman–Crippen MR) is 56.5 cm³/mol. The van der Waals surface area contributed by atoms with Gasteiger partial charge in [-0.1, -0.05) is 11.6 Å². The minimum atomic E-state index is -3.15. The number of hydrogen-bond donors (Lipinski definition) is 0. The van der Waals surface area contributed by atoms with E-state index in [0.717, 1.165) is 6.92 Å². The van der Waals surface area contributed by atoms with Gasteiger partial charge in [-0.3, -0.25) is 0 Å². The fraction of sp³-hybridized carbons (Fsp3) is 0.222. The Labute approximate surface area is 108 Å². The van der Waals surface area contributed by atoms with Crippen LogP contribution in [0.1, 0.15) is 12.4 Å². The van der Waals surface area contributed by atoms with Gasteiger partial charge in [0.05, 0.1) is 5.02 Å². The lowest BCUT2D eigenvalue weighted by Crippen LogP contribution is -2.26. The van der Waals surface area contributed by atoms with E-state index in [9.17, 15) is 22.4 Å². The van der Waals surface area contributed by atoms with E-state index in [1.165, 1.54) is 0 Å². The quantitative estimate of drug-likeness (QED) is 0.630. The molecule has 0 saturated carbocycles. The highest BCUT2D eigenvalue weighted by Gasteiger charge is 2.22. The molecule has 2 rings (SSSR count). The Kier molecular flexibility index (Phi) is 3.31. The van der Waals surface area contributed by atoms with Crippen molar-refractivity contribution in [3.8, 4) is 5.82 Å². The molecule has 2 heterocycles. The number of rotatable bonds is 2. The van der Waals surface area contributed by atoms with Gasteiger partial charge in [0.25, 0.3) is 0 Å². The van der Waals surface area contributed by atoms with Crippen LogP contribution in [0.25, 0.3) is 5.82 Å². The zero-order chi connectivity index (χ0) is 14.3. The molecule has 0 saturated heterocycles. The first kappa shape index (κ1) is 13.5. The highest BCUT2D eigenvalue weighted by atomic mass is 35.5. The van der Waals surface area contributed by atoms with E-state index < -0.39 is 34.8 Å². The second-order valence-corrected chi connectivity index (χ2v) is 3.86. The standard InChI is InChI=1S/C9H5ClF4N4O/c1-3-16-18(9(19)17(3)8(13)14)7-5(11)2-4(10)6(12)15-7/h2,8H,1H3. The van der Waals surface area contributed by atoms with Crippen LogP contribution in [0.2, 0.25) is 5.02 Å². The van der Waals surface area contributed by atoms with Crippen LogP contribution in [0, 0.1) is 18.7 Å². The molecule has 0 bridgehead atoms. The molecule has 0 N–H and O–H groups in total. The average molecular weight is 297 g/mol. The average Bonchev–Trinajstić information content (AvgIpc) is 2.59. The van der Waals surface area contributed by atoms with Crippen LogP contribution in [0.4, 0.5) is 17.6 Å². The molecule has 10 heteroatoms. The van der Waals surface area contributed by atoms with Gasteiger partial charge in [0, 0.05) is 6.07 Å². The number of alkyl halides is 2. The third-order valence-electron chi connectivity index (χ3n) is 2.24. The Morgan fingerprint density at radius 3 is 2.53 bits per heavy atom. The molecule has 0 unspecified atom stereocenters. The summed E-state index contributed by atoms with van der Waals surface area (Å²) in [5, 5.41) is 2.81. The molecule has 0 aliphatic rings. The van der Waals surface area contributed by atoms with Gasteiger partial charge in [0.1, 0.15) is 5.82 Å². The third kappa shape index (κ3) is 2.21. The van der Waals surface area contributed by atoms with Crippen LogP contribution < -0.4 is 5.69 Å². The van der Waals surface area contributed by atoms with Gasteiger partial charge < -0.3 is 0 Å². The topological polar surface area (TPSA) is 52.7 Å². The van der Waals surface area contributed by atoms with Crippen molar-refractivity contribution in [2.75, 3.05) is 0 Å². The molecule has 0 spiro atoms. The summed E-state index contributed by atoms with van der Waals surface area (Å²) in [5.41, 5.74) is -1.33. The van der Waals surface area contributed by atoms with Crippen molar-refractivity contribution < 1.29 is 17.6 Å². The van der Waals surface area contributed by atoms with Gasteiger partial charge in [-0.2, -0.15) is 22.8 Å². The first-order valence-corrected chi connectivity index (χ1v) is 5.19. The smallest absolute Gasteiger partial charge is 0.245 e. The molecule has 0 radical (unpaired) electrons. The summed E-state index contributed by atoms with van der Waals surface area (Å²) in [4.78, 5) is 14.7. The van der Waals surface area contributed by atoms with E-state index in [-0.39, 0.29) is 15.1 Å². The van der Waals surface area contributed by atoms with Crippen LogP contribution in [-0.4, -0.2) is 19.3 Å². The van der Waals surface area contributed by atoms with Gasteiger partial charge in [-0.05, 0) is 6.92 Å². The summed E-state index contributed by atoms with van der Waals surface area (Å²) in [6, 6.07) is 0.572. The molecule has 0 fully saturated rings. The van der Waals surface area contributed by atoms with Crippen LogP contribution >= 0.6 is 11.6 Å². The zero-order valence-electron chi connectivity index (χ0n) is 9.24. The fourth-order valence-electron chi connectivity index (χ4n) is 1.42. The van der Waals surface area contributed by atoms with E-state index in [0.29, 0.717) is 6.07 Å². The molecular formula is C9H5ClF4N4O. The second-order valence-electron chi connectivity index (χ2n) is 3.46. The molecular weight excluding hydrogens is 292 g/mol. The summed E-state index contributed by atoms with van der Waals surface area (Å²) in [6.07, 6.45) is 0. The Hall–Kier alpha value is -1.90. The van der Waals surface area contributed by atoms with Crippen LogP contribution in [0.15, 0.2) is 10.9 Å². The summed E-state index contributed by atoms with van der Waals surface area (Å²) in [5.74, 6) is -3.60. The molecule has 5 nitrogen and oxygen atoms in total. The lowest BCUT2D eigenvalue weighted by atomic mass is 10.4. The lowest BCUT2D eigenvalue weighted by molar-refractivity contribution is 0.0640. The number of halogens is 5. The molecule has 2 aromatic rings. The molecule has 0 aromatic carbocycles. The summed E-state index contributed by atoms with van der Waals surface area (Å²) in [7, 11) is 0. The fourth-order valence-corrected chi connectivity index (χ4v) is 1.56. The van der Waals surface area contributed by atoms with Crippen molar-refractivity contribution in [1.29, 1.82) is 0 Å². The molecule has 102 valence electrons. The monoisotopic (exact) mass is 296 g/mol. The zero-order valence-corrected chi connectivity index (χ0v) is 10.00. The first-order chi connectivity index (χ1) is 8.82. The van der Waals surface area contributed by atoms with Crippen molar-refractivity contribution in [3.63, 3.8) is 0 Å². The van der Waals surface area contributed by atoms with E-state index >= 15 is 0 Å². The predicted octanol–water partition coefficient (Wildman–Crippen LogP) is 2.06. The number of aryl methyl sites for hydroxylation is 1. The van der Waals surface area contributed by atoms with Gasteiger partial charge in [0.2, 0.25) is 5.95 Å². The molecule has 0 aliphatic carbocycles. The van der Waals surface area contributed by atoms with Gasteiger partial charge >= 0.3 is 12.2 Å². The number of aromatic nitrogens is 4. The third-order valence-corrected chi connectivity index (χ3v) is 2.51. The maximum absolute atomic E-state index is 13.5. The lowest BCUT2D eigenvalue weighted by Gasteiger charge is -2.02. The Balaban J connectivity index is 2.70. The maximum Gasteiger partial charge on any atom is 0.356 e. The van der Waals surface area contributed by atoms with E-state index in [4.69, 9.17) is 11.6 Å². The minimum absolute atomic E-state index is 0.0215. The highest BCUT2D eigenvalue weighted by molar-refractivity contribution is 6.30. The van der Waals surface area contributed by atoms with E-state index in [1.54, 1.807) is 0 Å². The van der Waals surface area contributed by atoms with Crippen LogP contribution in [0.5, 0.6) is 0 Å². The molecule has 0 atom stereocenters. The number of nitrogens with zero attached hydrogens (tertiary/aromatic N) is 4. The Morgan fingerprint density at radius 2 is 2.00 bits per heavy atom. The normalized spacial score (nSPS) is 11.3. The largest absolute Gasteiger partial charge is 0.356 e. The first-order valence-electron chi connectivity index (χ1n) is 4.81. The van der Waals surface area contributed by atoms with E-state index in [2.05, 4.69) is 10.1 Å². The Morgan fingerprint density at radius 1 is 1.37 bits per heavy atom. The summed E-state index contributed by atoms with van der Waals surface area (Å²) in [6.45, 7) is -2.03. The van der Waals surface area contributed by atoms with Gasteiger partial charge in [-0.25, -0.2) is 13.8 Å². The van der Waals surface area contributed by atoms with E-state index in [1.807, 2.05) is 0 Å². The van der Waals surface area contributed by atoms with Crippen LogP contribution in [0.3, 0.4) is 0 Å². The van der Waals surface area contributed by atoms with Crippen molar-refractivity contribution >= 4 is 11.6 Å². The maximum atomic E-state index is 13.5. The summed E-state index contributed by atoms with van der Waals surface area (Å²) < 4.78 is 52.1. The molecule has 19 heavy (non-hydrogen) atoms. The van der Waals surface area contributed by atoms with Crippen molar-refractivity contribution in [3.05, 3.63) is 39.2 Å². The van der Waals surface area contributed by atoms with Crippen molar-refractivity contribution in [2.45, 2.75) is 13.5 Å².